The average Bonchev–Trinajstić information content (AvgIpc) is 2.81. The zero-order valence-corrected chi connectivity index (χ0v) is 24.1. The summed E-state index contributed by atoms with van der Waals surface area (Å²) in [5.74, 6) is 0.282. The van der Waals surface area contributed by atoms with Gasteiger partial charge in [0, 0.05) is 10.0 Å². The van der Waals surface area contributed by atoms with Gasteiger partial charge in [-0.05, 0) is 46.3 Å². The van der Waals surface area contributed by atoms with Gasteiger partial charge in [-0.2, -0.15) is 0 Å². The second-order valence-corrected chi connectivity index (χ2v) is 8.33. The molecule has 0 radical (unpaired) electrons. The molecule has 0 saturated carbocycles. The van der Waals surface area contributed by atoms with Gasteiger partial charge in [0.2, 0.25) is 0 Å². The Kier molecular flexibility index (Phi) is 26.0. The molecule has 0 aliphatic heterocycles. The molecule has 2 aromatic rings. The molecule has 0 fully saturated rings. The first-order valence-electron chi connectivity index (χ1n) is 11.7. The van der Waals surface area contributed by atoms with E-state index in [0.29, 0.717) is 0 Å². The van der Waals surface area contributed by atoms with Gasteiger partial charge in [-0.15, -0.1) is 0 Å². The minimum atomic E-state index is 0.282. The highest BCUT2D eigenvalue weighted by atomic mass is 79.9. The molecule has 0 atom stereocenters. The lowest BCUT2D eigenvalue weighted by Gasteiger charge is -2.03. The van der Waals surface area contributed by atoms with Crippen molar-refractivity contribution in [1.82, 2.24) is 0 Å². The maximum Gasteiger partial charge on any atom is 0.123 e. The van der Waals surface area contributed by atoms with Crippen molar-refractivity contribution in [2.45, 2.75) is 75.2 Å². The number of rotatable bonds is 4. The molecule has 0 aliphatic carbocycles. The summed E-state index contributed by atoms with van der Waals surface area (Å²) < 4.78 is 1.09. The van der Waals surface area contributed by atoms with E-state index in [9.17, 15) is 5.11 Å². The van der Waals surface area contributed by atoms with Crippen LogP contribution in [0.1, 0.15) is 79.4 Å². The van der Waals surface area contributed by atoms with Gasteiger partial charge in [-0.25, -0.2) is 0 Å². The first-order valence-corrected chi connectivity index (χ1v) is 12.5. The van der Waals surface area contributed by atoms with Crippen molar-refractivity contribution in [2.24, 2.45) is 0 Å². The van der Waals surface area contributed by atoms with Crippen molar-refractivity contribution < 1.29 is 5.11 Å². The lowest BCUT2D eigenvalue weighted by molar-refractivity contribution is 0.474. The molecule has 0 saturated heterocycles. The summed E-state index contributed by atoms with van der Waals surface area (Å²) in [5.41, 5.74) is 5.40. The Morgan fingerprint density at radius 1 is 0.879 bits per heavy atom. The molecular weight excluding hydrogens is 468 g/mol. The van der Waals surface area contributed by atoms with Gasteiger partial charge >= 0.3 is 0 Å². The number of hydrogen-bond acceptors (Lipinski definition) is 1. The molecule has 1 nitrogen and oxygen atoms in total. The molecule has 0 spiro atoms. The molecule has 2 rings (SSSR count). The molecule has 1 N–H and O–H groups in total. The maximum absolute atomic E-state index is 9.50. The fourth-order valence-electron chi connectivity index (χ4n) is 1.91. The minimum Gasteiger partial charge on any atom is -0.507 e. The van der Waals surface area contributed by atoms with Gasteiger partial charge in [-0.3, -0.25) is 0 Å². The second-order valence-electron chi connectivity index (χ2n) is 7.47. The Bertz CT molecular complexity index is 804. The predicted molar refractivity (Wildman–Crippen MR) is 157 cm³/mol. The lowest BCUT2D eigenvalue weighted by atomic mass is 10.0. The monoisotopic (exact) mass is 514 g/mol. The van der Waals surface area contributed by atoms with Crippen LogP contribution in [0, 0.1) is 6.92 Å². The highest BCUT2D eigenvalue weighted by Gasteiger charge is 2.00. The van der Waals surface area contributed by atoms with Crippen LogP contribution in [0.25, 0.3) is 5.57 Å². The molecular formula is C31H47BrO. The minimum absolute atomic E-state index is 0.282. The van der Waals surface area contributed by atoms with Gasteiger partial charge in [0.05, 0.1) is 0 Å². The summed E-state index contributed by atoms with van der Waals surface area (Å²) in [7, 11) is 0. The Labute approximate surface area is 213 Å². The Morgan fingerprint density at radius 3 is 1.61 bits per heavy atom. The molecule has 0 amide bonds. The van der Waals surface area contributed by atoms with Crippen LogP contribution < -0.4 is 0 Å². The van der Waals surface area contributed by atoms with Crippen LogP contribution in [0.4, 0.5) is 0 Å². The molecule has 0 unspecified atom stereocenters. The van der Waals surface area contributed by atoms with Crippen molar-refractivity contribution in [3.63, 3.8) is 0 Å². The number of allylic oxidation sites excluding steroid dienone is 6. The van der Waals surface area contributed by atoms with Crippen LogP contribution in [0.15, 0.2) is 95.5 Å². The summed E-state index contributed by atoms with van der Waals surface area (Å²) in [6.45, 7) is 26.0. The number of aromatic hydroxyl groups is 1. The molecule has 184 valence electrons. The second kappa shape index (κ2) is 24.3. The van der Waals surface area contributed by atoms with Crippen molar-refractivity contribution >= 4 is 21.5 Å². The number of benzene rings is 2. The van der Waals surface area contributed by atoms with Crippen LogP contribution in [-0.2, 0) is 0 Å². The van der Waals surface area contributed by atoms with Crippen LogP contribution in [0.2, 0.25) is 0 Å². The van der Waals surface area contributed by atoms with E-state index in [-0.39, 0.29) is 5.75 Å². The third-order valence-corrected chi connectivity index (χ3v) is 4.93. The van der Waals surface area contributed by atoms with Crippen molar-refractivity contribution in [3.8, 4) is 5.75 Å². The van der Waals surface area contributed by atoms with E-state index >= 15 is 0 Å². The van der Waals surface area contributed by atoms with Gasteiger partial charge in [0.25, 0.3) is 0 Å². The van der Waals surface area contributed by atoms with E-state index in [2.05, 4.69) is 62.0 Å². The number of para-hydroxylation sites is 1. The van der Waals surface area contributed by atoms with Crippen LogP contribution in [-0.4, -0.2) is 5.11 Å². The van der Waals surface area contributed by atoms with E-state index in [1.54, 1.807) is 18.2 Å². The molecule has 2 aromatic carbocycles. The summed E-state index contributed by atoms with van der Waals surface area (Å²) in [6, 6.07) is 17.5. The predicted octanol–water partition coefficient (Wildman–Crippen LogP) is 11.1. The molecule has 0 bridgehead atoms. The Balaban J connectivity index is -0.000000386. The normalized spacial score (nSPS) is 8.30. The van der Waals surface area contributed by atoms with Crippen molar-refractivity contribution in [2.75, 3.05) is 0 Å². The molecule has 0 aromatic heterocycles. The summed E-state index contributed by atoms with van der Waals surface area (Å²) in [5, 5.41) is 9.50. The summed E-state index contributed by atoms with van der Waals surface area (Å²) in [4.78, 5) is 0. The van der Waals surface area contributed by atoms with Gasteiger partial charge in [0.15, 0.2) is 0 Å². The van der Waals surface area contributed by atoms with Gasteiger partial charge < -0.3 is 5.11 Å². The van der Waals surface area contributed by atoms with Crippen LogP contribution >= 0.6 is 15.9 Å². The number of halogens is 1. The Morgan fingerprint density at radius 2 is 1.33 bits per heavy atom. The standard InChI is InChI=1S/C12H14O.C7H8.C6H9Br.C4H10.C2H6/c1-9(2)8-10(3)11-6-4-5-7-12(11)13;1-7-5-3-2-4-6-7;1-4-6(7)5(2)3;1-3-4-2;1-2/h4-8,13H,3H2,1-2H3;2-6H,1H3;4H,1H2,2-3H3;3-4H2,1-2H3;1-2H3. The van der Waals surface area contributed by atoms with Crippen LogP contribution in [0.3, 0.4) is 0 Å². The van der Waals surface area contributed by atoms with Gasteiger partial charge in [-0.1, -0.05) is 147 Å². The first kappa shape index (κ1) is 35.3. The Hall–Kier alpha value is -2.32. The number of aryl methyl sites for hydroxylation is 1. The zero-order valence-electron chi connectivity index (χ0n) is 22.5. The molecule has 33 heavy (non-hydrogen) atoms. The molecule has 2 heteroatoms. The van der Waals surface area contributed by atoms with E-state index in [0.717, 1.165) is 15.6 Å². The number of phenolic OH excluding ortho intramolecular Hbond substituents is 1. The maximum atomic E-state index is 9.50. The summed E-state index contributed by atoms with van der Waals surface area (Å²) >= 11 is 3.30. The highest BCUT2D eigenvalue weighted by molar-refractivity contribution is 9.11. The molecule has 0 aliphatic rings. The fourth-order valence-corrected chi connectivity index (χ4v) is 1.91. The fraction of sp³-hybridized carbons (Fsp3) is 0.355. The highest BCUT2D eigenvalue weighted by Crippen LogP contribution is 2.24. The van der Waals surface area contributed by atoms with E-state index in [4.69, 9.17) is 0 Å². The zero-order chi connectivity index (χ0) is 26.2. The summed E-state index contributed by atoms with van der Waals surface area (Å²) in [6.07, 6.45) is 6.38. The topological polar surface area (TPSA) is 20.2 Å². The lowest BCUT2D eigenvalue weighted by Crippen LogP contribution is -1.80. The van der Waals surface area contributed by atoms with Crippen molar-refractivity contribution in [3.05, 3.63) is 107 Å². The smallest absolute Gasteiger partial charge is 0.123 e. The number of phenols is 1. The average molecular weight is 516 g/mol. The third-order valence-electron chi connectivity index (χ3n) is 3.81. The first-order chi connectivity index (χ1) is 15.6. The van der Waals surface area contributed by atoms with Gasteiger partial charge in [0.1, 0.15) is 5.75 Å². The number of hydrogen-bond donors (Lipinski definition) is 1. The quantitative estimate of drug-likeness (QED) is 0.402. The molecule has 0 heterocycles. The van der Waals surface area contributed by atoms with E-state index in [1.165, 1.54) is 29.6 Å². The van der Waals surface area contributed by atoms with Crippen molar-refractivity contribution in [1.29, 1.82) is 0 Å². The third kappa shape index (κ3) is 22.7. The van der Waals surface area contributed by atoms with Crippen LogP contribution in [0.5, 0.6) is 5.75 Å². The number of unbranched alkanes of at least 4 members (excludes halogenated alkanes) is 1. The van der Waals surface area contributed by atoms with E-state index < -0.39 is 0 Å². The van der Waals surface area contributed by atoms with E-state index in [1.807, 2.05) is 78.0 Å². The SMILES string of the molecule is C=C(C=C(C)C)c1ccccc1O.C=CC(Br)=C(C)C.CC.CCCC.Cc1ccccc1. The largest absolute Gasteiger partial charge is 0.507 e.